The van der Waals surface area contributed by atoms with Crippen LogP contribution in [0.25, 0.3) is 0 Å². The highest BCUT2D eigenvalue weighted by Crippen LogP contribution is 2.14. The Morgan fingerprint density at radius 2 is 2.06 bits per heavy atom. The summed E-state index contributed by atoms with van der Waals surface area (Å²) in [5, 5.41) is 1.23. The van der Waals surface area contributed by atoms with E-state index in [0.717, 1.165) is 5.56 Å². The molecule has 5 nitrogen and oxygen atoms in total. The van der Waals surface area contributed by atoms with Crippen molar-refractivity contribution in [3.8, 4) is 0 Å². The minimum absolute atomic E-state index is 0.205. The van der Waals surface area contributed by atoms with Gasteiger partial charge in [-0.1, -0.05) is 30.3 Å². The summed E-state index contributed by atoms with van der Waals surface area (Å²) in [6.45, 7) is 2.06. The second-order valence-electron chi connectivity index (χ2n) is 3.88. The Bertz CT molecular complexity index is 396. The molecule has 1 aromatic carbocycles. The van der Waals surface area contributed by atoms with Crippen LogP contribution in [0.15, 0.2) is 30.3 Å². The molecule has 0 aliphatic heterocycles. The van der Waals surface area contributed by atoms with E-state index in [1.165, 1.54) is 12.0 Å². The van der Waals surface area contributed by atoms with E-state index < -0.39 is 8.03 Å². The van der Waals surface area contributed by atoms with E-state index in [1.807, 2.05) is 30.3 Å². The van der Waals surface area contributed by atoms with E-state index in [0.29, 0.717) is 19.6 Å². The van der Waals surface area contributed by atoms with E-state index in [-0.39, 0.29) is 12.1 Å². The van der Waals surface area contributed by atoms with Crippen molar-refractivity contribution in [2.24, 2.45) is 0 Å². The van der Waals surface area contributed by atoms with Gasteiger partial charge in [-0.2, -0.15) is 0 Å². The Morgan fingerprint density at radius 1 is 1.39 bits per heavy atom. The fraction of sp³-hybridized carbons (Fsp3) is 0.417. The highest BCUT2D eigenvalue weighted by atomic mass is 31.1. The largest absolute Gasteiger partial charge is 0.346 e. The summed E-state index contributed by atoms with van der Waals surface area (Å²) in [6.07, 6.45) is 0.672. The zero-order valence-electron chi connectivity index (χ0n) is 10.3. The van der Waals surface area contributed by atoms with Gasteiger partial charge in [-0.25, -0.2) is 5.06 Å². The van der Waals surface area contributed by atoms with Gasteiger partial charge in [-0.15, -0.1) is 0 Å². The van der Waals surface area contributed by atoms with Gasteiger partial charge in [0.25, 0.3) is 0 Å². The third-order valence-electron chi connectivity index (χ3n) is 2.33. The monoisotopic (exact) mass is 271 g/mol. The second kappa shape index (κ2) is 8.03. The Morgan fingerprint density at radius 3 is 2.61 bits per heavy atom. The Balaban J connectivity index is 2.38. The molecule has 1 unspecified atom stereocenters. The molecule has 1 N–H and O–H groups in total. The number of hydroxylamine groups is 2. The number of hydrogen-bond donors (Lipinski definition) is 1. The predicted octanol–water partition coefficient (Wildman–Crippen LogP) is 1.82. The fourth-order valence-electron chi connectivity index (χ4n) is 1.41. The van der Waals surface area contributed by atoms with Crippen LogP contribution in [0.1, 0.15) is 18.9 Å². The highest BCUT2D eigenvalue weighted by molar-refractivity contribution is 7.37. The van der Waals surface area contributed by atoms with Crippen LogP contribution in [0.3, 0.4) is 0 Å². The molecule has 0 aliphatic rings. The number of carbonyl (C=O) groups is 1. The predicted molar refractivity (Wildman–Crippen MR) is 69.3 cm³/mol. The van der Waals surface area contributed by atoms with Crippen molar-refractivity contribution >= 4 is 13.9 Å². The standard InChI is InChI=1S/C12H18NO4P/c1-11(14)13(8-5-9-18(15)16)17-10-12-6-3-2-4-7-12/h2-4,6-7,18H,5,8-10H2,1H3,(H,15,16). The lowest BCUT2D eigenvalue weighted by Crippen LogP contribution is -2.30. The molecule has 0 saturated heterocycles. The molecule has 1 amide bonds. The van der Waals surface area contributed by atoms with Gasteiger partial charge in [0.2, 0.25) is 5.91 Å². The Labute approximate surface area is 107 Å². The molecule has 0 saturated carbocycles. The topological polar surface area (TPSA) is 66.8 Å². The van der Waals surface area contributed by atoms with Gasteiger partial charge in [0.15, 0.2) is 8.03 Å². The first-order valence-corrected chi connectivity index (χ1v) is 7.32. The summed E-state index contributed by atoms with van der Waals surface area (Å²) in [7, 11) is -2.47. The van der Waals surface area contributed by atoms with Crippen molar-refractivity contribution in [2.45, 2.75) is 20.0 Å². The summed E-state index contributed by atoms with van der Waals surface area (Å²) in [5.41, 5.74) is 0.972. The molecular weight excluding hydrogens is 253 g/mol. The van der Waals surface area contributed by atoms with Crippen molar-refractivity contribution in [3.63, 3.8) is 0 Å². The smallest absolute Gasteiger partial charge is 0.243 e. The van der Waals surface area contributed by atoms with Gasteiger partial charge < -0.3 is 4.89 Å². The zero-order valence-corrected chi connectivity index (χ0v) is 11.3. The first-order chi connectivity index (χ1) is 8.59. The molecule has 0 spiro atoms. The lowest BCUT2D eigenvalue weighted by molar-refractivity contribution is -0.189. The molecule has 0 bridgehead atoms. The summed E-state index contributed by atoms with van der Waals surface area (Å²) < 4.78 is 10.6. The molecule has 1 aromatic rings. The molecule has 0 heterocycles. The molecule has 100 valence electrons. The van der Waals surface area contributed by atoms with Crippen LogP contribution in [0.2, 0.25) is 0 Å². The maximum atomic E-state index is 11.3. The first kappa shape index (κ1) is 14.9. The number of nitrogens with zero attached hydrogens (tertiary/aromatic N) is 1. The molecule has 18 heavy (non-hydrogen) atoms. The zero-order chi connectivity index (χ0) is 13.4. The van der Waals surface area contributed by atoms with E-state index >= 15 is 0 Å². The van der Waals surface area contributed by atoms with Crippen LogP contribution in [0.4, 0.5) is 0 Å². The molecule has 0 aliphatic carbocycles. The van der Waals surface area contributed by atoms with Crippen LogP contribution in [0, 0.1) is 0 Å². The van der Waals surface area contributed by atoms with Gasteiger partial charge in [-0.05, 0) is 12.0 Å². The van der Waals surface area contributed by atoms with E-state index in [2.05, 4.69) is 0 Å². The number of carbonyl (C=O) groups excluding carboxylic acids is 1. The average Bonchev–Trinajstić information content (AvgIpc) is 2.34. The average molecular weight is 271 g/mol. The molecule has 0 radical (unpaired) electrons. The van der Waals surface area contributed by atoms with Crippen LogP contribution < -0.4 is 0 Å². The lowest BCUT2D eigenvalue weighted by Gasteiger charge is -2.20. The van der Waals surface area contributed by atoms with Crippen molar-refractivity contribution in [2.75, 3.05) is 12.7 Å². The first-order valence-electron chi connectivity index (χ1n) is 5.76. The van der Waals surface area contributed by atoms with Crippen molar-refractivity contribution in [1.29, 1.82) is 0 Å². The quantitative estimate of drug-likeness (QED) is 0.607. The maximum absolute atomic E-state index is 11.3. The van der Waals surface area contributed by atoms with Crippen LogP contribution in [-0.4, -0.2) is 28.6 Å². The van der Waals surface area contributed by atoms with Gasteiger partial charge in [-0.3, -0.25) is 14.2 Å². The second-order valence-corrected chi connectivity index (χ2v) is 5.16. The van der Waals surface area contributed by atoms with Crippen molar-refractivity contribution in [1.82, 2.24) is 5.06 Å². The molecule has 6 heteroatoms. The van der Waals surface area contributed by atoms with Gasteiger partial charge >= 0.3 is 0 Å². The van der Waals surface area contributed by atoms with Crippen molar-refractivity contribution in [3.05, 3.63) is 35.9 Å². The fourth-order valence-corrected chi connectivity index (χ4v) is 1.87. The molecular formula is C12H18NO4P. The molecule has 0 aromatic heterocycles. The van der Waals surface area contributed by atoms with Crippen LogP contribution in [0.5, 0.6) is 0 Å². The molecule has 1 atom stereocenters. The number of benzene rings is 1. The molecule has 1 rings (SSSR count). The van der Waals surface area contributed by atoms with Gasteiger partial charge in [0.1, 0.15) is 6.61 Å². The maximum Gasteiger partial charge on any atom is 0.243 e. The van der Waals surface area contributed by atoms with E-state index in [9.17, 15) is 9.36 Å². The minimum Gasteiger partial charge on any atom is -0.346 e. The van der Waals surface area contributed by atoms with Gasteiger partial charge in [0, 0.05) is 19.6 Å². The van der Waals surface area contributed by atoms with E-state index in [1.54, 1.807) is 0 Å². The number of amides is 1. The Kier molecular flexibility index (Phi) is 6.65. The summed E-state index contributed by atoms with van der Waals surface area (Å²) >= 11 is 0. The SMILES string of the molecule is CC(=O)N(CCC[PH](=O)O)OCc1ccccc1. The summed E-state index contributed by atoms with van der Waals surface area (Å²) in [6, 6.07) is 9.52. The third kappa shape index (κ3) is 5.96. The third-order valence-corrected chi connectivity index (χ3v) is 3.11. The minimum atomic E-state index is -2.47. The van der Waals surface area contributed by atoms with Crippen LogP contribution in [-0.2, 0) is 20.8 Å². The number of hydrogen-bond acceptors (Lipinski definition) is 3. The van der Waals surface area contributed by atoms with Crippen molar-refractivity contribution < 1.29 is 19.1 Å². The van der Waals surface area contributed by atoms with E-state index in [4.69, 9.17) is 9.73 Å². The van der Waals surface area contributed by atoms with Gasteiger partial charge in [0.05, 0.1) is 0 Å². The lowest BCUT2D eigenvalue weighted by atomic mass is 10.2. The molecule has 0 fully saturated rings. The van der Waals surface area contributed by atoms with Crippen LogP contribution >= 0.6 is 8.03 Å². The normalized spacial score (nSPS) is 12.1. The number of rotatable bonds is 7. The Hall–Kier alpha value is -1.16. The highest BCUT2D eigenvalue weighted by Gasteiger charge is 2.09. The summed E-state index contributed by atoms with van der Waals surface area (Å²) in [4.78, 5) is 25.4. The summed E-state index contributed by atoms with van der Waals surface area (Å²) in [5.74, 6) is -0.205.